The maximum atomic E-state index is 12.7. The lowest BCUT2D eigenvalue weighted by atomic mass is 10.1. The number of rotatable bonds is 3. The maximum absolute atomic E-state index is 12.7. The Labute approximate surface area is 143 Å². The largest absolute Gasteiger partial charge is 0.338 e. The number of likely N-dealkylation sites (tertiary alicyclic amines) is 1. The smallest absolute Gasteiger partial charge is 0.254 e. The number of carbonyl (C=O) groups is 2. The van der Waals surface area contributed by atoms with E-state index in [2.05, 4.69) is 12.2 Å². The summed E-state index contributed by atoms with van der Waals surface area (Å²) in [6.07, 6.45) is 1.59. The molecule has 0 unspecified atom stereocenters. The van der Waals surface area contributed by atoms with Crippen molar-refractivity contribution >= 4 is 24.2 Å². The van der Waals surface area contributed by atoms with Gasteiger partial charge in [-0.1, -0.05) is 12.1 Å². The van der Waals surface area contributed by atoms with Crippen molar-refractivity contribution in [1.82, 2.24) is 15.1 Å². The molecule has 2 fully saturated rings. The van der Waals surface area contributed by atoms with Gasteiger partial charge in [-0.15, -0.1) is 12.4 Å². The van der Waals surface area contributed by atoms with E-state index in [0.717, 1.165) is 43.7 Å². The van der Waals surface area contributed by atoms with Gasteiger partial charge in [-0.2, -0.15) is 0 Å². The zero-order valence-electron chi connectivity index (χ0n) is 13.5. The van der Waals surface area contributed by atoms with E-state index in [1.807, 2.05) is 34.1 Å². The van der Waals surface area contributed by atoms with Gasteiger partial charge in [0.25, 0.3) is 5.91 Å². The quantitative estimate of drug-likeness (QED) is 0.912. The molecule has 1 aromatic carbocycles. The number of benzene rings is 1. The molecule has 0 spiro atoms. The van der Waals surface area contributed by atoms with Crippen LogP contribution in [0.15, 0.2) is 24.3 Å². The van der Waals surface area contributed by atoms with Crippen molar-refractivity contribution < 1.29 is 9.59 Å². The molecule has 0 saturated carbocycles. The van der Waals surface area contributed by atoms with Crippen LogP contribution in [0, 0.1) is 0 Å². The van der Waals surface area contributed by atoms with Gasteiger partial charge in [-0.25, -0.2) is 0 Å². The van der Waals surface area contributed by atoms with Crippen LogP contribution in [0.25, 0.3) is 0 Å². The SMILES string of the molecule is C[C@H]1CNCCN1C(=O)c1cccc(CN2CCCC2=O)c1.Cl. The van der Waals surface area contributed by atoms with E-state index in [9.17, 15) is 9.59 Å². The highest BCUT2D eigenvalue weighted by Crippen LogP contribution is 2.17. The van der Waals surface area contributed by atoms with Gasteiger partial charge in [0.1, 0.15) is 0 Å². The Morgan fingerprint density at radius 2 is 2.17 bits per heavy atom. The van der Waals surface area contributed by atoms with Crippen LogP contribution >= 0.6 is 12.4 Å². The molecule has 2 aliphatic heterocycles. The van der Waals surface area contributed by atoms with Crippen molar-refractivity contribution in [3.63, 3.8) is 0 Å². The zero-order valence-corrected chi connectivity index (χ0v) is 14.3. The lowest BCUT2D eigenvalue weighted by Gasteiger charge is -2.34. The van der Waals surface area contributed by atoms with Crippen LogP contribution in [0.5, 0.6) is 0 Å². The van der Waals surface area contributed by atoms with Crippen molar-refractivity contribution in [2.75, 3.05) is 26.2 Å². The third-order valence-electron chi connectivity index (χ3n) is 4.48. The Kier molecular flexibility index (Phi) is 6.02. The summed E-state index contributed by atoms with van der Waals surface area (Å²) in [6.45, 7) is 5.93. The molecule has 0 aromatic heterocycles. The standard InChI is InChI=1S/C17H23N3O2.ClH/c1-13-11-18-7-9-20(13)17(22)15-5-2-4-14(10-15)12-19-8-3-6-16(19)21;/h2,4-5,10,13,18H,3,6-9,11-12H2,1H3;1H/t13-;/m0./s1. The van der Waals surface area contributed by atoms with E-state index in [1.165, 1.54) is 0 Å². The average Bonchev–Trinajstić information content (AvgIpc) is 2.92. The fourth-order valence-electron chi connectivity index (χ4n) is 3.20. The molecule has 126 valence electrons. The normalized spacial score (nSPS) is 21.3. The number of piperazine rings is 1. The van der Waals surface area contributed by atoms with Gasteiger partial charge in [-0.3, -0.25) is 9.59 Å². The summed E-state index contributed by atoms with van der Waals surface area (Å²) in [5.74, 6) is 0.302. The number of nitrogens with zero attached hydrogens (tertiary/aromatic N) is 2. The van der Waals surface area contributed by atoms with Crippen LogP contribution in [0.4, 0.5) is 0 Å². The van der Waals surface area contributed by atoms with E-state index < -0.39 is 0 Å². The molecule has 2 saturated heterocycles. The summed E-state index contributed by atoms with van der Waals surface area (Å²) in [5.41, 5.74) is 1.75. The Morgan fingerprint density at radius 3 is 2.87 bits per heavy atom. The van der Waals surface area contributed by atoms with Crippen molar-refractivity contribution in [1.29, 1.82) is 0 Å². The third-order valence-corrected chi connectivity index (χ3v) is 4.48. The fraction of sp³-hybridized carbons (Fsp3) is 0.529. The number of halogens is 1. The summed E-state index contributed by atoms with van der Waals surface area (Å²) in [4.78, 5) is 28.2. The molecule has 1 N–H and O–H groups in total. The maximum Gasteiger partial charge on any atom is 0.254 e. The Bertz CT molecular complexity index is 579. The topological polar surface area (TPSA) is 52.7 Å². The second-order valence-corrected chi connectivity index (χ2v) is 6.17. The molecule has 1 atom stereocenters. The fourth-order valence-corrected chi connectivity index (χ4v) is 3.20. The molecule has 3 rings (SSSR count). The molecule has 2 heterocycles. The van der Waals surface area contributed by atoms with E-state index >= 15 is 0 Å². The molecule has 2 amide bonds. The lowest BCUT2D eigenvalue weighted by Crippen LogP contribution is -2.52. The van der Waals surface area contributed by atoms with Crippen molar-refractivity contribution in [3.8, 4) is 0 Å². The minimum Gasteiger partial charge on any atom is -0.338 e. The number of carbonyl (C=O) groups excluding carboxylic acids is 2. The first kappa shape index (κ1) is 17.8. The number of amides is 2. The first-order valence-electron chi connectivity index (χ1n) is 8.03. The number of hydrogen-bond donors (Lipinski definition) is 1. The molecule has 0 radical (unpaired) electrons. The predicted octanol–water partition coefficient (Wildman–Crippen LogP) is 1.66. The van der Waals surface area contributed by atoms with E-state index in [-0.39, 0.29) is 30.3 Å². The molecule has 6 heteroatoms. The third kappa shape index (κ3) is 4.03. The van der Waals surface area contributed by atoms with E-state index in [0.29, 0.717) is 13.0 Å². The van der Waals surface area contributed by atoms with Crippen LogP contribution in [-0.4, -0.2) is 53.8 Å². The summed E-state index contributed by atoms with van der Waals surface area (Å²) >= 11 is 0. The van der Waals surface area contributed by atoms with Crippen LogP contribution in [0.2, 0.25) is 0 Å². The minimum absolute atomic E-state index is 0. The van der Waals surface area contributed by atoms with Crippen LogP contribution < -0.4 is 5.32 Å². The number of nitrogens with one attached hydrogen (secondary N) is 1. The van der Waals surface area contributed by atoms with Gasteiger partial charge in [0, 0.05) is 50.7 Å². The van der Waals surface area contributed by atoms with Gasteiger partial charge >= 0.3 is 0 Å². The first-order chi connectivity index (χ1) is 10.6. The van der Waals surface area contributed by atoms with Crippen molar-refractivity contribution in [2.45, 2.75) is 32.4 Å². The van der Waals surface area contributed by atoms with Gasteiger partial charge in [-0.05, 0) is 31.0 Å². The van der Waals surface area contributed by atoms with Crippen LogP contribution in [-0.2, 0) is 11.3 Å². The lowest BCUT2D eigenvalue weighted by molar-refractivity contribution is -0.128. The molecule has 1 aromatic rings. The summed E-state index contributed by atoms with van der Waals surface area (Å²) in [7, 11) is 0. The Balaban J connectivity index is 0.00000192. The molecule has 0 bridgehead atoms. The van der Waals surface area contributed by atoms with E-state index in [4.69, 9.17) is 0 Å². The second-order valence-electron chi connectivity index (χ2n) is 6.17. The molecule has 2 aliphatic rings. The van der Waals surface area contributed by atoms with Crippen molar-refractivity contribution in [2.24, 2.45) is 0 Å². The Morgan fingerprint density at radius 1 is 1.35 bits per heavy atom. The van der Waals surface area contributed by atoms with Gasteiger partial charge in [0.15, 0.2) is 0 Å². The highest BCUT2D eigenvalue weighted by molar-refractivity contribution is 5.94. The van der Waals surface area contributed by atoms with E-state index in [1.54, 1.807) is 0 Å². The average molecular weight is 338 g/mol. The van der Waals surface area contributed by atoms with Crippen LogP contribution in [0.1, 0.15) is 35.7 Å². The predicted molar refractivity (Wildman–Crippen MR) is 91.7 cm³/mol. The zero-order chi connectivity index (χ0) is 15.5. The van der Waals surface area contributed by atoms with Crippen LogP contribution in [0.3, 0.4) is 0 Å². The second kappa shape index (κ2) is 7.79. The first-order valence-corrected chi connectivity index (χ1v) is 8.03. The summed E-state index contributed by atoms with van der Waals surface area (Å²) in [5, 5.41) is 3.30. The number of hydrogen-bond acceptors (Lipinski definition) is 3. The van der Waals surface area contributed by atoms with Gasteiger partial charge in [0.05, 0.1) is 0 Å². The molecular formula is C17H24ClN3O2. The highest BCUT2D eigenvalue weighted by atomic mass is 35.5. The Hall–Kier alpha value is -1.59. The molecule has 0 aliphatic carbocycles. The van der Waals surface area contributed by atoms with Gasteiger partial charge in [0.2, 0.25) is 5.91 Å². The minimum atomic E-state index is 0. The van der Waals surface area contributed by atoms with Gasteiger partial charge < -0.3 is 15.1 Å². The summed E-state index contributed by atoms with van der Waals surface area (Å²) in [6, 6.07) is 7.92. The molecule has 5 nitrogen and oxygen atoms in total. The highest BCUT2D eigenvalue weighted by Gasteiger charge is 2.25. The summed E-state index contributed by atoms with van der Waals surface area (Å²) < 4.78 is 0. The monoisotopic (exact) mass is 337 g/mol. The van der Waals surface area contributed by atoms with Crippen molar-refractivity contribution in [3.05, 3.63) is 35.4 Å². The molecular weight excluding hydrogens is 314 g/mol. The molecule has 23 heavy (non-hydrogen) atoms.